The van der Waals surface area contributed by atoms with Crippen LogP contribution in [-0.4, -0.2) is 16.9 Å². The van der Waals surface area contributed by atoms with Crippen LogP contribution < -0.4 is 4.74 Å². The maximum atomic E-state index is 5.25. The fourth-order valence-electron chi connectivity index (χ4n) is 2.39. The number of aromatic nitrogens is 2. The molecule has 0 spiro atoms. The topological polar surface area (TPSA) is 27.1 Å². The van der Waals surface area contributed by atoms with Crippen molar-refractivity contribution in [3.05, 3.63) is 48.2 Å². The summed E-state index contributed by atoms with van der Waals surface area (Å²) in [4.78, 5) is 0. The van der Waals surface area contributed by atoms with Gasteiger partial charge in [-0.15, -0.1) is 0 Å². The zero-order chi connectivity index (χ0) is 13.4. The van der Waals surface area contributed by atoms with Crippen molar-refractivity contribution in [2.24, 2.45) is 7.05 Å². The van der Waals surface area contributed by atoms with Crippen molar-refractivity contribution < 1.29 is 4.74 Å². The fourth-order valence-corrected chi connectivity index (χ4v) is 2.39. The van der Waals surface area contributed by atoms with Crippen LogP contribution in [0.5, 0.6) is 5.75 Å². The van der Waals surface area contributed by atoms with Gasteiger partial charge in [-0.2, -0.15) is 5.10 Å². The lowest BCUT2D eigenvalue weighted by Gasteiger charge is -2.06. The largest absolute Gasteiger partial charge is 0.497 e. The number of fused-ring (bicyclic) bond motifs is 1. The average Bonchev–Trinajstić information content (AvgIpc) is 2.76. The highest BCUT2D eigenvalue weighted by Gasteiger charge is 2.06. The molecule has 3 nitrogen and oxygen atoms in total. The molecule has 0 bridgehead atoms. The van der Waals surface area contributed by atoms with Crippen LogP contribution in [0.4, 0.5) is 0 Å². The molecule has 0 saturated heterocycles. The molecule has 0 aliphatic rings. The minimum absolute atomic E-state index is 0.886. The molecule has 2 aromatic carbocycles. The van der Waals surface area contributed by atoms with Crippen LogP contribution in [0.15, 0.2) is 42.5 Å². The minimum Gasteiger partial charge on any atom is -0.497 e. The molecule has 0 unspecified atom stereocenters. The fraction of sp³-hybridized carbons (Fsp3) is 0.188. The van der Waals surface area contributed by atoms with Crippen LogP contribution >= 0.6 is 0 Å². The number of ether oxygens (including phenoxy) is 1. The number of methoxy groups -OCH3 is 1. The van der Waals surface area contributed by atoms with E-state index >= 15 is 0 Å². The molecule has 1 aromatic heterocycles. The second-order valence-electron chi connectivity index (χ2n) is 4.72. The molecular formula is C16H16N2O. The summed E-state index contributed by atoms with van der Waals surface area (Å²) in [7, 11) is 3.66. The van der Waals surface area contributed by atoms with E-state index in [4.69, 9.17) is 4.74 Å². The number of nitrogens with zero attached hydrogens (tertiary/aromatic N) is 2. The number of hydrogen-bond donors (Lipinski definition) is 0. The molecule has 3 rings (SSSR count). The van der Waals surface area contributed by atoms with Gasteiger partial charge in [0.05, 0.1) is 18.5 Å². The number of hydrogen-bond acceptors (Lipinski definition) is 2. The van der Waals surface area contributed by atoms with E-state index in [-0.39, 0.29) is 0 Å². The van der Waals surface area contributed by atoms with Gasteiger partial charge in [-0.25, -0.2) is 0 Å². The quantitative estimate of drug-likeness (QED) is 0.697. The molecule has 0 aliphatic carbocycles. The first-order valence-corrected chi connectivity index (χ1v) is 6.26. The standard InChI is InChI=1S/C16H16N2O/c1-11-8-16(18(2)17-11)14-5-4-13-10-15(19-3)7-6-12(13)9-14/h4-10H,1-3H3. The summed E-state index contributed by atoms with van der Waals surface area (Å²) in [6.45, 7) is 2.01. The van der Waals surface area contributed by atoms with Crippen LogP contribution in [-0.2, 0) is 7.05 Å². The Hall–Kier alpha value is -2.29. The smallest absolute Gasteiger partial charge is 0.119 e. The Morgan fingerprint density at radius 1 is 1.00 bits per heavy atom. The summed E-state index contributed by atoms with van der Waals surface area (Å²) >= 11 is 0. The highest BCUT2D eigenvalue weighted by atomic mass is 16.5. The van der Waals surface area contributed by atoms with Gasteiger partial charge in [0.1, 0.15) is 5.75 Å². The Morgan fingerprint density at radius 3 is 2.42 bits per heavy atom. The van der Waals surface area contributed by atoms with Crippen LogP contribution in [0, 0.1) is 6.92 Å². The normalized spacial score (nSPS) is 10.9. The molecule has 0 radical (unpaired) electrons. The summed E-state index contributed by atoms with van der Waals surface area (Å²) in [5.74, 6) is 0.886. The maximum Gasteiger partial charge on any atom is 0.119 e. The lowest BCUT2D eigenvalue weighted by Crippen LogP contribution is -1.93. The van der Waals surface area contributed by atoms with Gasteiger partial charge in [0.15, 0.2) is 0 Å². The van der Waals surface area contributed by atoms with E-state index in [1.165, 1.54) is 16.3 Å². The van der Waals surface area contributed by atoms with Crippen molar-refractivity contribution in [2.75, 3.05) is 7.11 Å². The first kappa shape index (κ1) is 11.8. The zero-order valence-electron chi connectivity index (χ0n) is 11.3. The predicted molar refractivity (Wildman–Crippen MR) is 77.4 cm³/mol. The van der Waals surface area contributed by atoms with Gasteiger partial charge in [-0.3, -0.25) is 4.68 Å². The number of aryl methyl sites for hydroxylation is 2. The lowest BCUT2D eigenvalue weighted by molar-refractivity contribution is 0.415. The van der Waals surface area contributed by atoms with Crippen LogP contribution in [0.2, 0.25) is 0 Å². The van der Waals surface area contributed by atoms with E-state index in [1.807, 2.05) is 30.8 Å². The van der Waals surface area contributed by atoms with Gasteiger partial charge in [-0.05, 0) is 42.0 Å². The van der Waals surface area contributed by atoms with Crippen LogP contribution in [0.1, 0.15) is 5.69 Å². The van der Waals surface area contributed by atoms with Gasteiger partial charge >= 0.3 is 0 Å². The highest BCUT2D eigenvalue weighted by molar-refractivity contribution is 5.88. The summed E-state index contributed by atoms with van der Waals surface area (Å²) in [5, 5.41) is 6.78. The van der Waals surface area contributed by atoms with Gasteiger partial charge in [0.2, 0.25) is 0 Å². The molecule has 0 aliphatic heterocycles. The molecule has 0 atom stereocenters. The van der Waals surface area contributed by atoms with Crippen molar-refractivity contribution in [1.82, 2.24) is 9.78 Å². The SMILES string of the molecule is COc1ccc2cc(-c3cc(C)nn3C)ccc2c1. The molecule has 0 N–H and O–H groups in total. The molecule has 0 amide bonds. The first-order valence-electron chi connectivity index (χ1n) is 6.26. The average molecular weight is 252 g/mol. The third-order valence-electron chi connectivity index (χ3n) is 3.35. The highest BCUT2D eigenvalue weighted by Crippen LogP contribution is 2.27. The summed E-state index contributed by atoms with van der Waals surface area (Å²) < 4.78 is 7.16. The number of benzene rings is 2. The Labute approximate surface area is 112 Å². The van der Waals surface area contributed by atoms with E-state index in [1.54, 1.807) is 7.11 Å². The van der Waals surface area contributed by atoms with Crippen molar-refractivity contribution in [2.45, 2.75) is 6.92 Å². The molecule has 1 heterocycles. The Balaban J connectivity index is 2.14. The van der Waals surface area contributed by atoms with E-state index in [9.17, 15) is 0 Å². The predicted octanol–water partition coefficient (Wildman–Crippen LogP) is 3.56. The molecular weight excluding hydrogens is 236 g/mol. The Bertz CT molecular complexity index is 744. The Kier molecular flexibility index (Phi) is 2.75. The summed E-state index contributed by atoms with van der Waals surface area (Å²) in [6, 6.07) is 14.7. The van der Waals surface area contributed by atoms with Crippen LogP contribution in [0.25, 0.3) is 22.0 Å². The van der Waals surface area contributed by atoms with Gasteiger partial charge in [0, 0.05) is 12.6 Å². The Morgan fingerprint density at radius 2 is 1.74 bits per heavy atom. The second-order valence-corrected chi connectivity index (χ2v) is 4.72. The summed E-state index contributed by atoms with van der Waals surface area (Å²) in [6.07, 6.45) is 0. The van der Waals surface area contributed by atoms with Crippen molar-refractivity contribution in [1.29, 1.82) is 0 Å². The van der Waals surface area contributed by atoms with Gasteiger partial charge in [0.25, 0.3) is 0 Å². The minimum atomic E-state index is 0.886. The zero-order valence-corrected chi connectivity index (χ0v) is 11.3. The van der Waals surface area contributed by atoms with Crippen molar-refractivity contribution in [3.63, 3.8) is 0 Å². The van der Waals surface area contributed by atoms with Crippen molar-refractivity contribution in [3.8, 4) is 17.0 Å². The molecule has 19 heavy (non-hydrogen) atoms. The summed E-state index contributed by atoms with van der Waals surface area (Å²) in [5.41, 5.74) is 3.35. The van der Waals surface area contributed by atoms with Crippen molar-refractivity contribution >= 4 is 10.8 Å². The van der Waals surface area contributed by atoms with Crippen LogP contribution in [0.3, 0.4) is 0 Å². The molecule has 3 heteroatoms. The molecule has 96 valence electrons. The molecule has 0 saturated carbocycles. The third kappa shape index (κ3) is 2.08. The first-order chi connectivity index (χ1) is 9.17. The molecule has 3 aromatic rings. The molecule has 0 fully saturated rings. The maximum absolute atomic E-state index is 5.25. The monoisotopic (exact) mass is 252 g/mol. The number of rotatable bonds is 2. The third-order valence-corrected chi connectivity index (χ3v) is 3.35. The van der Waals surface area contributed by atoms with E-state index in [0.717, 1.165) is 17.1 Å². The van der Waals surface area contributed by atoms with Gasteiger partial charge in [-0.1, -0.05) is 18.2 Å². The second kappa shape index (κ2) is 4.43. The van der Waals surface area contributed by atoms with Gasteiger partial charge < -0.3 is 4.74 Å². The van der Waals surface area contributed by atoms with E-state index in [2.05, 4.69) is 35.4 Å². The van der Waals surface area contributed by atoms with E-state index in [0.29, 0.717) is 0 Å². The van der Waals surface area contributed by atoms with E-state index < -0.39 is 0 Å². The lowest BCUT2D eigenvalue weighted by atomic mass is 10.0.